The molecular formula is C23H26ClFN4O4. The SMILES string of the molecule is NCC(=O)N1CCC(COC(=O)Nc2ccc(F)cc2)(C(=O)NCc2ccccc2Cl)CC1. The van der Waals surface area contributed by atoms with E-state index in [1.54, 1.807) is 17.0 Å². The summed E-state index contributed by atoms with van der Waals surface area (Å²) < 4.78 is 18.4. The Morgan fingerprint density at radius 3 is 2.39 bits per heavy atom. The van der Waals surface area contributed by atoms with Crippen LogP contribution in [0.15, 0.2) is 48.5 Å². The smallest absolute Gasteiger partial charge is 0.411 e. The molecule has 0 spiro atoms. The summed E-state index contributed by atoms with van der Waals surface area (Å²) in [5, 5.41) is 5.92. The summed E-state index contributed by atoms with van der Waals surface area (Å²) in [6.07, 6.45) is -0.159. The third kappa shape index (κ3) is 6.43. The van der Waals surface area contributed by atoms with E-state index in [4.69, 9.17) is 22.1 Å². The van der Waals surface area contributed by atoms with Crippen LogP contribution >= 0.6 is 11.6 Å². The first-order chi connectivity index (χ1) is 15.8. The first-order valence-electron chi connectivity index (χ1n) is 10.5. The molecule has 10 heteroatoms. The van der Waals surface area contributed by atoms with Crippen LogP contribution < -0.4 is 16.4 Å². The van der Waals surface area contributed by atoms with Crippen LogP contribution in [0.1, 0.15) is 18.4 Å². The van der Waals surface area contributed by atoms with Crippen molar-refractivity contribution in [1.82, 2.24) is 10.2 Å². The molecular weight excluding hydrogens is 451 g/mol. The summed E-state index contributed by atoms with van der Waals surface area (Å²) in [5.74, 6) is -0.922. The van der Waals surface area contributed by atoms with Gasteiger partial charge < -0.3 is 20.7 Å². The zero-order chi connectivity index (χ0) is 23.8. The predicted molar refractivity (Wildman–Crippen MR) is 122 cm³/mol. The molecule has 0 aliphatic carbocycles. The maximum Gasteiger partial charge on any atom is 0.411 e. The second kappa shape index (κ2) is 11.1. The molecule has 1 fully saturated rings. The van der Waals surface area contributed by atoms with E-state index in [1.165, 1.54) is 24.3 Å². The van der Waals surface area contributed by atoms with Gasteiger partial charge in [0.15, 0.2) is 0 Å². The second-order valence-electron chi connectivity index (χ2n) is 7.85. The van der Waals surface area contributed by atoms with E-state index in [2.05, 4.69) is 10.6 Å². The largest absolute Gasteiger partial charge is 0.448 e. The lowest BCUT2D eigenvalue weighted by Crippen LogP contribution is -2.53. The number of piperidine rings is 1. The Morgan fingerprint density at radius 2 is 1.76 bits per heavy atom. The van der Waals surface area contributed by atoms with Gasteiger partial charge in [-0.05, 0) is 48.7 Å². The number of anilines is 1. The normalized spacial score (nSPS) is 14.9. The van der Waals surface area contributed by atoms with Crippen molar-refractivity contribution in [2.75, 3.05) is 31.6 Å². The van der Waals surface area contributed by atoms with Gasteiger partial charge in [0.25, 0.3) is 0 Å². The fourth-order valence-corrected chi connectivity index (χ4v) is 3.85. The number of halogens is 2. The van der Waals surface area contributed by atoms with Crippen molar-refractivity contribution >= 4 is 35.2 Å². The zero-order valence-electron chi connectivity index (χ0n) is 18.0. The molecule has 0 radical (unpaired) electrons. The highest BCUT2D eigenvalue weighted by Gasteiger charge is 2.43. The average Bonchev–Trinajstić information content (AvgIpc) is 2.83. The van der Waals surface area contributed by atoms with Crippen LogP contribution in [0.3, 0.4) is 0 Å². The highest BCUT2D eigenvalue weighted by molar-refractivity contribution is 6.31. The highest BCUT2D eigenvalue weighted by Crippen LogP contribution is 2.33. The first kappa shape index (κ1) is 24.5. The lowest BCUT2D eigenvalue weighted by atomic mass is 9.78. The summed E-state index contributed by atoms with van der Waals surface area (Å²) >= 11 is 6.18. The van der Waals surface area contributed by atoms with Crippen molar-refractivity contribution < 1.29 is 23.5 Å². The fourth-order valence-electron chi connectivity index (χ4n) is 3.65. The van der Waals surface area contributed by atoms with E-state index >= 15 is 0 Å². The average molecular weight is 477 g/mol. The van der Waals surface area contributed by atoms with Gasteiger partial charge in [-0.1, -0.05) is 29.8 Å². The molecule has 1 aliphatic heterocycles. The van der Waals surface area contributed by atoms with Crippen LogP contribution in [0.25, 0.3) is 0 Å². The Hall–Kier alpha value is -3.17. The molecule has 3 rings (SSSR count). The van der Waals surface area contributed by atoms with Gasteiger partial charge in [-0.3, -0.25) is 14.9 Å². The number of likely N-dealkylation sites (tertiary alicyclic amines) is 1. The van der Waals surface area contributed by atoms with Gasteiger partial charge in [0.05, 0.1) is 12.0 Å². The monoisotopic (exact) mass is 476 g/mol. The van der Waals surface area contributed by atoms with E-state index in [9.17, 15) is 18.8 Å². The van der Waals surface area contributed by atoms with Gasteiger partial charge in [0.1, 0.15) is 12.4 Å². The molecule has 3 amide bonds. The van der Waals surface area contributed by atoms with Crippen molar-refractivity contribution in [2.24, 2.45) is 11.1 Å². The van der Waals surface area contributed by atoms with Crippen LogP contribution in [0.2, 0.25) is 5.02 Å². The standard InChI is InChI=1S/C23H26ClFN4O4/c24-19-4-2-1-3-16(19)14-27-21(31)23(9-11-29(12-10-23)20(30)13-26)15-33-22(32)28-18-7-5-17(25)6-8-18/h1-8H,9-15,26H2,(H,27,31)(H,28,32). The number of nitrogens with two attached hydrogens (primary N) is 1. The van der Waals surface area contributed by atoms with Crippen LogP contribution in [-0.4, -0.2) is 49.0 Å². The van der Waals surface area contributed by atoms with Crippen molar-refractivity contribution in [3.63, 3.8) is 0 Å². The van der Waals surface area contributed by atoms with Gasteiger partial charge in [-0.25, -0.2) is 9.18 Å². The molecule has 0 atom stereocenters. The Kier molecular flexibility index (Phi) is 8.24. The Bertz CT molecular complexity index is 994. The maximum absolute atomic E-state index is 13.2. The number of carbonyl (C=O) groups excluding carboxylic acids is 3. The Morgan fingerprint density at radius 1 is 1.09 bits per heavy atom. The third-order valence-electron chi connectivity index (χ3n) is 5.70. The first-order valence-corrected chi connectivity index (χ1v) is 10.9. The number of hydrogen-bond acceptors (Lipinski definition) is 5. The Balaban J connectivity index is 1.66. The maximum atomic E-state index is 13.2. The van der Waals surface area contributed by atoms with Crippen molar-refractivity contribution in [3.05, 3.63) is 64.9 Å². The van der Waals surface area contributed by atoms with E-state index in [1.807, 2.05) is 12.1 Å². The number of nitrogens with one attached hydrogen (secondary N) is 2. The minimum atomic E-state index is -1.02. The second-order valence-corrected chi connectivity index (χ2v) is 8.25. The summed E-state index contributed by atoms with van der Waals surface area (Å²) in [6.45, 7) is 0.561. The van der Waals surface area contributed by atoms with E-state index in [0.29, 0.717) is 36.6 Å². The minimum absolute atomic E-state index is 0.109. The summed E-state index contributed by atoms with van der Waals surface area (Å²) in [5.41, 5.74) is 5.55. The van der Waals surface area contributed by atoms with Crippen LogP contribution in [0, 0.1) is 11.2 Å². The lowest BCUT2D eigenvalue weighted by Gasteiger charge is -2.40. The van der Waals surface area contributed by atoms with Crippen molar-refractivity contribution in [3.8, 4) is 0 Å². The molecule has 176 valence electrons. The Labute approximate surface area is 196 Å². The van der Waals surface area contributed by atoms with Gasteiger partial charge in [-0.2, -0.15) is 0 Å². The van der Waals surface area contributed by atoms with Crippen LogP contribution in [-0.2, 0) is 20.9 Å². The number of carbonyl (C=O) groups is 3. The van der Waals surface area contributed by atoms with E-state index in [0.717, 1.165) is 5.56 Å². The number of nitrogens with zero attached hydrogens (tertiary/aromatic N) is 1. The molecule has 4 N–H and O–H groups in total. The molecule has 2 aromatic carbocycles. The van der Waals surface area contributed by atoms with Crippen molar-refractivity contribution in [2.45, 2.75) is 19.4 Å². The molecule has 1 heterocycles. The number of benzene rings is 2. The van der Waals surface area contributed by atoms with Crippen molar-refractivity contribution in [1.29, 1.82) is 0 Å². The highest BCUT2D eigenvalue weighted by atomic mass is 35.5. The summed E-state index contributed by atoms with van der Waals surface area (Å²) in [7, 11) is 0. The molecule has 1 aliphatic rings. The summed E-state index contributed by atoms with van der Waals surface area (Å²) in [6, 6.07) is 12.4. The topological polar surface area (TPSA) is 114 Å². The van der Waals surface area contributed by atoms with Gasteiger partial charge in [-0.15, -0.1) is 0 Å². The minimum Gasteiger partial charge on any atom is -0.448 e. The lowest BCUT2D eigenvalue weighted by molar-refractivity contribution is -0.142. The zero-order valence-corrected chi connectivity index (χ0v) is 18.7. The van der Waals surface area contributed by atoms with E-state index < -0.39 is 17.3 Å². The summed E-state index contributed by atoms with van der Waals surface area (Å²) in [4.78, 5) is 39.1. The predicted octanol–water partition coefficient (Wildman–Crippen LogP) is 2.91. The number of hydrogen-bond donors (Lipinski definition) is 3. The molecule has 0 unspecified atom stereocenters. The molecule has 2 aromatic rings. The van der Waals surface area contributed by atoms with Crippen LogP contribution in [0.5, 0.6) is 0 Å². The third-order valence-corrected chi connectivity index (χ3v) is 6.07. The molecule has 0 saturated carbocycles. The van der Waals surface area contributed by atoms with Gasteiger partial charge in [0, 0.05) is 30.3 Å². The van der Waals surface area contributed by atoms with Gasteiger partial charge in [0.2, 0.25) is 11.8 Å². The molecule has 33 heavy (non-hydrogen) atoms. The van der Waals surface area contributed by atoms with Gasteiger partial charge >= 0.3 is 6.09 Å². The molecule has 0 bridgehead atoms. The van der Waals surface area contributed by atoms with Crippen LogP contribution in [0.4, 0.5) is 14.9 Å². The number of rotatable bonds is 7. The van der Waals surface area contributed by atoms with E-state index in [-0.39, 0.29) is 31.5 Å². The molecule has 0 aromatic heterocycles. The fraction of sp³-hybridized carbons (Fsp3) is 0.348. The quantitative estimate of drug-likeness (QED) is 0.568. The number of ether oxygens (including phenoxy) is 1. The molecule has 8 nitrogen and oxygen atoms in total. The molecule has 1 saturated heterocycles. The number of amides is 3.